The predicted molar refractivity (Wildman–Crippen MR) is 116 cm³/mol. The monoisotopic (exact) mass is 452 g/mol. The minimum atomic E-state index is -4.45. The number of hydrogen-bond donors (Lipinski definition) is 1. The van der Waals surface area contributed by atoms with E-state index in [0.29, 0.717) is 17.7 Å². The third kappa shape index (κ3) is 6.03. The van der Waals surface area contributed by atoms with Gasteiger partial charge >= 0.3 is 6.18 Å². The molecular formula is C21H24ClF3N6. The molecule has 3 aromatic rings. The summed E-state index contributed by atoms with van der Waals surface area (Å²) in [6.07, 6.45) is 0.712. The third-order valence-corrected chi connectivity index (χ3v) is 5.22. The summed E-state index contributed by atoms with van der Waals surface area (Å²) < 4.78 is 38.6. The topological polar surface area (TPSA) is 57.2 Å². The van der Waals surface area contributed by atoms with Gasteiger partial charge in [-0.1, -0.05) is 6.07 Å². The standard InChI is InChI=1S/C21H23F3N6.ClH/c22-21(23,24)19-4-3-17-18(28-19)5-7-26-20(17)27-8-9-29-10-12-30(13-11-29)15-16-2-1-6-25-14-16;/h1-7,14H,8-13,15H2,(H,26,27);1H. The average molecular weight is 453 g/mol. The molecule has 10 heteroatoms. The van der Waals surface area contributed by atoms with Crippen molar-refractivity contribution in [1.29, 1.82) is 0 Å². The molecule has 4 rings (SSSR count). The molecule has 0 saturated carbocycles. The van der Waals surface area contributed by atoms with E-state index in [0.717, 1.165) is 45.3 Å². The number of hydrogen-bond acceptors (Lipinski definition) is 6. The Bertz CT molecular complexity index is 978. The van der Waals surface area contributed by atoms with Crippen molar-refractivity contribution < 1.29 is 13.2 Å². The molecule has 1 fully saturated rings. The summed E-state index contributed by atoms with van der Waals surface area (Å²) in [5.41, 5.74) is 0.611. The molecule has 1 aliphatic heterocycles. The quantitative estimate of drug-likeness (QED) is 0.615. The fourth-order valence-corrected chi connectivity index (χ4v) is 3.61. The first-order valence-corrected chi connectivity index (χ1v) is 9.89. The highest BCUT2D eigenvalue weighted by Gasteiger charge is 2.32. The first-order chi connectivity index (χ1) is 14.5. The highest BCUT2D eigenvalue weighted by Crippen LogP contribution is 2.30. The number of halogens is 4. The molecule has 0 bridgehead atoms. The summed E-state index contributed by atoms with van der Waals surface area (Å²) in [5, 5.41) is 3.84. The molecule has 166 valence electrons. The Balaban J connectivity index is 0.00000272. The Morgan fingerprint density at radius 1 is 0.968 bits per heavy atom. The Hall–Kier alpha value is -2.49. The number of rotatable bonds is 6. The van der Waals surface area contributed by atoms with E-state index in [1.807, 2.05) is 12.3 Å². The van der Waals surface area contributed by atoms with E-state index in [1.54, 1.807) is 6.20 Å². The maximum atomic E-state index is 12.9. The maximum Gasteiger partial charge on any atom is 0.433 e. The zero-order valence-electron chi connectivity index (χ0n) is 16.8. The van der Waals surface area contributed by atoms with E-state index >= 15 is 0 Å². The number of anilines is 1. The molecule has 0 atom stereocenters. The van der Waals surface area contributed by atoms with Crippen LogP contribution in [0.5, 0.6) is 0 Å². The van der Waals surface area contributed by atoms with Gasteiger partial charge in [-0.25, -0.2) is 9.97 Å². The SMILES string of the molecule is Cl.FC(F)(F)c1ccc2c(NCCN3CCN(Cc4cccnc4)CC3)nccc2n1. The van der Waals surface area contributed by atoms with Gasteiger partial charge in [-0.05, 0) is 29.8 Å². The Morgan fingerprint density at radius 3 is 2.45 bits per heavy atom. The largest absolute Gasteiger partial charge is 0.433 e. The molecule has 1 N–H and O–H groups in total. The van der Waals surface area contributed by atoms with Gasteiger partial charge in [0.15, 0.2) is 0 Å². The lowest BCUT2D eigenvalue weighted by Crippen LogP contribution is -2.47. The van der Waals surface area contributed by atoms with E-state index < -0.39 is 11.9 Å². The lowest BCUT2D eigenvalue weighted by atomic mass is 10.2. The minimum absolute atomic E-state index is 0. The van der Waals surface area contributed by atoms with Crippen molar-refractivity contribution >= 4 is 29.1 Å². The number of aromatic nitrogens is 3. The zero-order chi connectivity index (χ0) is 21.0. The number of piperazine rings is 1. The molecule has 0 unspecified atom stereocenters. The second-order valence-corrected chi connectivity index (χ2v) is 7.33. The molecule has 0 aromatic carbocycles. The van der Waals surface area contributed by atoms with Crippen molar-refractivity contribution in [3.63, 3.8) is 0 Å². The van der Waals surface area contributed by atoms with Gasteiger partial charge in [0.05, 0.1) is 5.52 Å². The molecule has 0 aliphatic carbocycles. The van der Waals surface area contributed by atoms with Crippen LogP contribution in [0.3, 0.4) is 0 Å². The molecule has 6 nitrogen and oxygen atoms in total. The Kier molecular flexibility index (Phi) is 7.64. The van der Waals surface area contributed by atoms with Crippen LogP contribution in [0.4, 0.5) is 19.0 Å². The van der Waals surface area contributed by atoms with Crippen molar-refractivity contribution in [2.45, 2.75) is 12.7 Å². The van der Waals surface area contributed by atoms with Crippen LogP contribution in [-0.2, 0) is 12.7 Å². The summed E-state index contributed by atoms with van der Waals surface area (Å²) in [6, 6.07) is 7.97. The van der Waals surface area contributed by atoms with Gasteiger partial charge in [0.2, 0.25) is 0 Å². The number of fused-ring (bicyclic) bond motifs is 1. The molecule has 0 spiro atoms. The van der Waals surface area contributed by atoms with Crippen molar-refractivity contribution in [3.8, 4) is 0 Å². The molecule has 3 aromatic heterocycles. The summed E-state index contributed by atoms with van der Waals surface area (Å²) >= 11 is 0. The van der Waals surface area contributed by atoms with E-state index in [9.17, 15) is 13.2 Å². The number of pyridine rings is 3. The zero-order valence-corrected chi connectivity index (χ0v) is 17.7. The number of alkyl halides is 3. The number of nitrogens with zero attached hydrogens (tertiary/aromatic N) is 5. The van der Waals surface area contributed by atoms with Crippen LogP contribution in [0.15, 0.2) is 48.9 Å². The van der Waals surface area contributed by atoms with Crippen LogP contribution < -0.4 is 5.32 Å². The average Bonchev–Trinajstić information content (AvgIpc) is 2.75. The lowest BCUT2D eigenvalue weighted by molar-refractivity contribution is -0.140. The summed E-state index contributed by atoms with van der Waals surface area (Å²) in [7, 11) is 0. The van der Waals surface area contributed by atoms with Crippen molar-refractivity contribution in [3.05, 3.63) is 60.2 Å². The number of nitrogens with one attached hydrogen (secondary N) is 1. The van der Waals surface area contributed by atoms with Crippen molar-refractivity contribution in [2.75, 3.05) is 44.6 Å². The molecule has 1 saturated heterocycles. The van der Waals surface area contributed by atoms with Crippen LogP contribution in [-0.4, -0.2) is 64.0 Å². The summed E-state index contributed by atoms with van der Waals surface area (Å²) in [5.74, 6) is 0.559. The van der Waals surface area contributed by atoms with Gasteiger partial charge in [0.25, 0.3) is 0 Å². The fourth-order valence-electron chi connectivity index (χ4n) is 3.61. The van der Waals surface area contributed by atoms with E-state index in [2.05, 4.69) is 36.1 Å². The minimum Gasteiger partial charge on any atom is -0.368 e. The molecule has 1 aliphatic rings. The van der Waals surface area contributed by atoms with Gasteiger partial charge in [-0.2, -0.15) is 13.2 Å². The molecular weight excluding hydrogens is 429 g/mol. The van der Waals surface area contributed by atoms with Crippen LogP contribution in [0.2, 0.25) is 0 Å². The second kappa shape index (κ2) is 10.2. The second-order valence-electron chi connectivity index (χ2n) is 7.33. The maximum absolute atomic E-state index is 12.9. The fraction of sp³-hybridized carbons (Fsp3) is 0.381. The molecule has 0 radical (unpaired) electrons. The van der Waals surface area contributed by atoms with E-state index in [-0.39, 0.29) is 17.9 Å². The van der Waals surface area contributed by atoms with Gasteiger partial charge < -0.3 is 5.32 Å². The van der Waals surface area contributed by atoms with Gasteiger partial charge in [-0.3, -0.25) is 14.8 Å². The van der Waals surface area contributed by atoms with Crippen LogP contribution >= 0.6 is 12.4 Å². The van der Waals surface area contributed by atoms with Gasteiger partial charge in [0, 0.05) is 69.8 Å². The van der Waals surface area contributed by atoms with E-state index in [1.165, 1.54) is 23.9 Å². The smallest absolute Gasteiger partial charge is 0.368 e. The Labute approximate surface area is 184 Å². The molecule has 31 heavy (non-hydrogen) atoms. The summed E-state index contributed by atoms with van der Waals surface area (Å²) in [6.45, 7) is 6.34. The molecule has 4 heterocycles. The summed E-state index contributed by atoms with van der Waals surface area (Å²) in [4.78, 5) is 16.9. The van der Waals surface area contributed by atoms with E-state index in [4.69, 9.17) is 0 Å². The van der Waals surface area contributed by atoms with Crippen molar-refractivity contribution in [2.24, 2.45) is 0 Å². The van der Waals surface area contributed by atoms with Crippen LogP contribution in [0, 0.1) is 0 Å². The lowest BCUT2D eigenvalue weighted by Gasteiger charge is -2.34. The Morgan fingerprint density at radius 2 is 1.74 bits per heavy atom. The van der Waals surface area contributed by atoms with Crippen LogP contribution in [0.1, 0.15) is 11.3 Å². The highest BCUT2D eigenvalue weighted by atomic mass is 35.5. The molecule has 0 amide bonds. The first kappa shape index (κ1) is 23.2. The normalized spacial score (nSPS) is 15.6. The first-order valence-electron chi connectivity index (χ1n) is 9.89. The predicted octanol–water partition coefficient (Wildman–Crippen LogP) is 3.70. The third-order valence-electron chi connectivity index (χ3n) is 5.22. The van der Waals surface area contributed by atoms with Crippen LogP contribution in [0.25, 0.3) is 10.9 Å². The van der Waals surface area contributed by atoms with Gasteiger partial charge in [0.1, 0.15) is 11.5 Å². The van der Waals surface area contributed by atoms with Crippen molar-refractivity contribution in [1.82, 2.24) is 24.8 Å². The highest BCUT2D eigenvalue weighted by molar-refractivity contribution is 5.89. The van der Waals surface area contributed by atoms with Gasteiger partial charge in [-0.15, -0.1) is 12.4 Å².